The molecule has 0 spiro atoms. The summed E-state index contributed by atoms with van der Waals surface area (Å²) in [6, 6.07) is 22.4. The molecule has 0 radical (unpaired) electrons. The molecule has 0 heterocycles. The van der Waals surface area contributed by atoms with Crippen LogP contribution in [0.1, 0.15) is 35.3 Å². The number of ether oxygens (including phenoxy) is 1. The van der Waals surface area contributed by atoms with Crippen molar-refractivity contribution in [3.8, 4) is 11.1 Å². The van der Waals surface area contributed by atoms with Crippen molar-refractivity contribution in [2.75, 3.05) is 12.4 Å². The first-order valence-corrected chi connectivity index (χ1v) is 8.71. The van der Waals surface area contributed by atoms with E-state index in [9.17, 15) is 4.79 Å². The van der Waals surface area contributed by atoms with Crippen molar-refractivity contribution in [3.05, 3.63) is 83.4 Å². The normalized spacial score (nSPS) is 13.7. The van der Waals surface area contributed by atoms with Gasteiger partial charge in [-0.05, 0) is 46.5 Å². The van der Waals surface area contributed by atoms with Crippen molar-refractivity contribution >= 4 is 17.3 Å². The molecule has 0 atom stereocenters. The van der Waals surface area contributed by atoms with Crippen molar-refractivity contribution in [1.29, 1.82) is 0 Å². The highest BCUT2D eigenvalue weighted by Gasteiger charge is 2.35. The van der Waals surface area contributed by atoms with Crippen LogP contribution in [0.4, 0.5) is 11.4 Å². The summed E-state index contributed by atoms with van der Waals surface area (Å²) in [6.45, 7) is 4.51. The summed E-state index contributed by atoms with van der Waals surface area (Å²) in [4.78, 5) is 12.0. The number of hydrogen-bond donors (Lipinski definition) is 1. The molecule has 0 unspecified atom stereocenters. The van der Waals surface area contributed by atoms with Gasteiger partial charge in [-0.25, -0.2) is 4.79 Å². The van der Waals surface area contributed by atoms with Crippen LogP contribution in [0.3, 0.4) is 0 Å². The highest BCUT2D eigenvalue weighted by molar-refractivity contribution is 5.96. The van der Waals surface area contributed by atoms with Crippen LogP contribution in [-0.2, 0) is 10.2 Å². The van der Waals surface area contributed by atoms with Crippen LogP contribution in [0.25, 0.3) is 11.1 Å². The van der Waals surface area contributed by atoms with Crippen molar-refractivity contribution in [2.24, 2.45) is 0 Å². The largest absolute Gasteiger partial charge is 0.465 e. The van der Waals surface area contributed by atoms with Gasteiger partial charge in [0.2, 0.25) is 0 Å². The topological polar surface area (TPSA) is 38.3 Å². The van der Waals surface area contributed by atoms with Gasteiger partial charge in [0, 0.05) is 11.1 Å². The van der Waals surface area contributed by atoms with E-state index in [-0.39, 0.29) is 11.4 Å². The van der Waals surface area contributed by atoms with E-state index in [0.29, 0.717) is 5.56 Å². The fourth-order valence-corrected chi connectivity index (χ4v) is 3.82. The molecule has 1 aliphatic rings. The number of fused-ring (bicyclic) bond motifs is 3. The molecule has 0 aromatic heterocycles. The molecule has 4 rings (SSSR count). The number of carbonyl (C=O) groups excluding carboxylic acids is 1. The molecule has 0 saturated heterocycles. The Kier molecular flexibility index (Phi) is 3.80. The molecule has 1 aliphatic carbocycles. The van der Waals surface area contributed by atoms with Gasteiger partial charge in [0.25, 0.3) is 0 Å². The van der Waals surface area contributed by atoms with Crippen molar-refractivity contribution < 1.29 is 9.53 Å². The maximum absolute atomic E-state index is 12.0. The number of methoxy groups -OCH3 is 1. The average molecular weight is 343 g/mol. The number of nitrogens with one attached hydrogen (secondary N) is 1. The standard InChI is InChI=1S/C23H21NO2/c1-23(2)19-10-6-4-8-16(19)17-13-12-15(14-20(17)23)24-21-11-7-5-9-18(21)22(25)26-3/h4-14,24H,1-3H3. The highest BCUT2D eigenvalue weighted by Crippen LogP contribution is 2.49. The molecule has 3 aromatic carbocycles. The van der Waals surface area contributed by atoms with Crippen LogP contribution in [0.2, 0.25) is 0 Å². The van der Waals surface area contributed by atoms with E-state index < -0.39 is 0 Å². The summed E-state index contributed by atoms with van der Waals surface area (Å²) < 4.78 is 4.89. The Bertz CT molecular complexity index is 1000. The van der Waals surface area contributed by atoms with E-state index in [2.05, 4.69) is 61.6 Å². The number of hydrogen-bond acceptors (Lipinski definition) is 3. The second kappa shape index (κ2) is 6.03. The van der Waals surface area contributed by atoms with E-state index >= 15 is 0 Å². The highest BCUT2D eigenvalue weighted by atomic mass is 16.5. The van der Waals surface area contributed by atoms with Crippen LogP contribution in [-0.4, -0.2) is 13.1 Å². The van der Waals surface area contributed by atoms with Gasteiger partial charge in [-0.15, -0.1) is 0 Å². The smallest absolute Gasteiger partial charge is 0.339 e. The second-order valence-electron chi connectivity index (χ2n) is 7.09. The number of esters is 1. The molecular weight excluding hydrogens is 322 g/mol. The van der Waals surface area contributed by atoms with Gasteiger partial charge in [0.05, 0.1) is 18.4 Å². The number of anilines is 2. The summed E-state index contributed by atoms with van der Waals surface area (Å²) in [7, 11) is 1.40. The zero-order valence-corrected chi connectivity index (χ0v) is 15.2. The molecule has 0 bridgehead atoms. The first-order chi connectivity index (χ1) is 12.5. The lowest BCUT2D eigenvalue weighted by molar-refractivity contribution is 0.0602. The summed E-state index contributed by atoms with van der Waals surface area (Å²) >= 11 is 0. The quantitative estimate of drug-likeness (QED) is 0.636. The van der Waals surface area contributed by atoms with Crippen molar-refractivity contribution in [3.63, 3.8) is 0 Å². The van der Waals surface area contributed by atoms with E-state index in [0.717, 1.165) is 11.4 Å². The summed E-state index contributed by atoms with van der Waals surface area (Å²) in [5.74, 6) is -0.345. The Balaban J connectivity index is 1.75. The molecule has 130 valence electrons. The monoisotopic (exact) mass is 343 g/mol. The lowest BCUT2D eigenvalue weighted by atomic mass is 9.82. The van der Waals surface area contributed by atoms with Crippen LogP contribution >= 0.6 is 0 Å². The molecule has 3 nitrogen and oxygen atoms in total. The molecule has 0 aliphatic heterocycles. The molecule has 3 heteroatoms. The third-order valence-corrected chi connectivity index (χ3v) is 5.19. The summed E-state index contributed by atoms with van der Waals surface area (Å²) in [5.41, 5.74) is 7.39. The Labute approximate surface area is 153 Å². The summed E-state index contributed by atoms with van der Waals surface area (Å²) in [6.07, 6.45) is 0. The minimum absolute atomic E-state index is 0.0501. The van der Waals surface area contributed by atoms with E-state index in [4.69, 9.17) is 4.74 Å². The number of rotatable bonds is 3. The minimum atomic E-state index is -0.345. The lowest BCUT2D eigenvalue weighted by Gasteiger charge is -2.22. The zero-order chi connectivity index (χ0) is 18.3. The molecule has 0 fully saturated rings. The zero-order valence-electron chi connectivity index (χ0n) is 15.2. The number of benzene rings is 3. The van der Waals surface area contributed by atoms with E-state index in [1.807, 2.05) is 18.2 Å². The Morgan fingerprint density at radius 2 is 1.58 bits per heavy atom. The van der Waals surface area contributed by atoms with Crippen LogP contribution in [0.15, 0.2) is 66.7 Å². The van der Waals surface area contributed by atoms with Gasteiger partial charge in [-0.3, -0.25) is 0 Å². The SMILES string of the molecule is COC(=O)c1ccccc1Nc1ccc2c(c1)C(C)(C)c1ccccc1-2. The Morgan fingerprint density at radius 3 is 2.38 bits per heavy atom. The molecular formula is C23H21NO2. The maximum Gasteiger partial charge on any atom is 0.339 e. The van der Waals surface area contributed by atoms with Crippen LogP contribution in [0, 0.1) is 0 Å². The first-order valence-electron chi connectivity index (χ1n) is 8.71. The molecule has 26 heavy (non-hydrogen) atoms. The average Bonchev–Trinajstić information content (AvgIpc) is 2.89. The van der Waals surface area contributed by atoms with Gasteiger partial charge in [-0.1, -0.05) is 56.3 Å². The number of carbonyl (C=O) groups is 1. The van der Waals surface area contributed by atoms with E-state index in [1.54, 1.807) is 6.07 Å². The van der Waals surface area contributed by atoms with Gasteiger partial charge in [0.1, 0.15) is 0 Å². The van der Waals surface area contributed by atoms with Crippen LogP contribution in [0.5, 0.6) is 0 Å². The van der Waals surface area contributed by atoms with Gasteiger partial charge >= 0.3 is 5.97 Å². The Morgan fingerprint density at radius 1 is 0.885 bits per heavy atom. The Hall–Kier alpha value is -3.07. The van der Waals surface area contributed by atoms with Gasteiger partial charge in [0.15, 0.2) is 0 Å². The lowest BCUT2D eigenvalue weighted by Crippen LogP contribution is -2.15. The third-order valence-electron chi connectivity index (χ3n) is 5.19. The molecule has 0 amide bonds. The van der Waals surface area contributed by atoms with Crippen molar-refractivity contribution in [1.82, 2.24) is 0 Å². The maximum atomic E-state index is 12.0. The predicted octanol–water partition coefficient (Wildman–Crippen LogP) is 5.52. The number of para-hydroxylation sites is 1. The first kappa shape index (κ1) is 16.4. The van der Waals surface area contributed by atoms with Crippen LogP contribution < -0.4 is 5.32 Å². The fraction of sp³-hybridized carbons (Fsp3) is 0.174. The second-order valence-corrected chi connectivity index (χ2v) is 7.09. The van der Waals surface area contributed by atoms with Crippen molar-refractivity contribution in [2.45, 2.75) is 19.3 Å². The molecule has 3 aromatic rings. The molecule has 1 N–H and O–H groups in total. The van der Waals surface area contributed by atoms with Gasteiger partial charge in [-0.2, -0.15) is 0 Å². The third kappa shape index (κ3) is 2.48. The molecule has 0 saturated carbocycles. The predicted molar refractivity (Wildman–Crippen MR) is 105 cm³/mol. The van der Waals surface area contributed by atoms with E-state index in [1.165, 1.54) is 29.4 Å². The summed E-state index contributed by atoms with van der Waals surface area (Å²) in [5, 5.41) is 3.38. The minimum Gasteiger partial charge on any atom is -0.465 e. The van der Waals surface area contributed by atoms with Gasteiger partial charge < -0.3 is 10.1 Å². The fourth-order valence-electron chi connectivity index (χ4n) is 3.82.